The van der Waals surface area contributed by atoms with E-state index < -0.39 is 0 Å². The number of hydrogen-bond acceptors (Lipinski definition) is 0. The average molecular weight is 479 g/mol. The van der Waals surface area contributed by atoms with Gasteiger partial charge in [0.15, 0.2) is 0 Å². The molecule has 1 aromatic rings. The van der Waals surface area contributed by atoms with E-state index in [0.29, 0.717) is 0 Å². The van der Waals surface area contributed by atoms with Gasteiger partial charge in [0.25, 0.3) is 0 Å². The highest BCUT2D eigenvalue weighted by molar-refractivity contribution is 5.26. The lowest BCUT2D eigenvalue weighted by Crippen LogP contribution is -2.25. The maximum absolute atomic E-state index is 2.49. The summed E-state index contributed by atoms with van der Waals surface area (Å²) in [6.45, 7) is 4.71. The van der Waals surface area contributed by atoms with Crippen LogP contribution in [0.2, 0.25) is 0 Å². The molecule has 1 aromatic carbocycles. The van der Waals surface area contributed by atoms with Crippen LogP contribution in [0.1, 0.15) is 159 Å². The summed E-state index contributed by atoms with van der Waals surface area (Å²) in [4.78, 5) is 0. The highest BCUT2D eigenvalue weighted by Crippen LogP contribution is 2.43. The molecule has 0 spiro atoms. The largest absolute Gasteiger partial charge is 0.0654 e. The van der Waals surface area contributed by atoms with E-state index in [1.54, 1.807) is 24.0 Å². The zero-order chi connectivity index (χ0) is 24.3. The van der Waals surface area contributed by atoms with Crippen LogP contribution in [0.3, 0.4) is 0 Å². The Morgan fingerprint density at radius 2 is 1.09 bits per heavy atom. The molecule has 0 bridgehead atoms. The minimum atomic E-state index is 0.836. The molecule has 0 nitrogen and oxygen atoms in total. The van der Waals surface area contributed by atoms with Crippen molar-refractivity contribution in [2.24, 2.45) is 29.6 Å². The van der Waals surface area contributed by atoms with Gasteiger partial charge in [-0.25, -0.2) is 0 Å². The van der Waals surface area contributed by atoms with E-state index >= 15 is 0 Å². The van der Waals surface area contributed by atoms with Crippen molar-refractivity contribution >= 4 is 0 Å². The van der Waals surface area contributed by atoms with Crippen molar-refractivity contribution in [1.29, 1.82) is 0 Å². The summed E-state index contributed by atoms with van der Waals surface area (Å²) in [7, 11) is 0. The van der Waals surface area contributed by atoms with E-state index in [1.165, 1.54) is 122 Å². The topological polar surface area (TPSA) is 0 Å². The number of unbranched alkanes of at least 4 members (excludes halogenated alkanes) is 4. The van der Waals surface area contributed by atoms with Crippen molar-refractivity contribution in [3.63, 3.8) is 0 Å². The van der Waals surface area contributed by atoms with E-state index in [1.807, 2.05) is 0 Å². The molecule has 35 heavy (non-hydrogen) atoms. The molecule has 3 aliphatic carbocycles. The molecule has 0 heterocycles. The molecule has 0 N–H and O–H groups in total. The zero-order valence-corrected chi connectivity index (χ0v) is 23.6. The van der Waals surface area contributed by atoms with Gasteiger partial charge in [-0.3, -0.25) is 0 Å². The summed E-state index contributed by atoms with van der Waals surface area (Å²) in [5.41, 5.74) is 3.22. The third-order valence-electron chi connectivity index (χ3n) is 10.9. The highest BCUT2D eigenvalue weighted by atomic mass is 14.4. The number of aryl methyl sites for hydroxylation is 1. The Kier molecular flexibility index (Phi) is 11.6. The van der Waals surface area contributed by atoms with Gasteiger partial charge in [-0.15, -0.1) is 0 Å². The van der Waals surface area contributed by atoms with Gasteiger partial charge in [-0.05, 0) is 111 Å². The summed E-state index contributed by atoms with van der Waals surface area (Å²) >= 11 is 0. The SMILES string of the molecule is CCCCCCCC1CCC(c2ccc(CCC3CCC(C4CCC(CC)CC4)CC3)cc2)CC1. The van der Waals surface area contributed by atoms with Crippen LogP contribution in [0, 0.1) is 29.6 Å². The van der Waals surface area contributed by atoms with Gasteiger partial charge in [0, 0.05) is 0 Å². The van der Waals surface area contributed by atoms with E-state index in [9.17, 15) is 0 Å². The fourth-order valence-corrected chi connectivity index (χ4v) is 8.16. The summed E-state index contributed by atoms with van der Waals surface area (Å²) in [6, 6.07) is 9.95. The fraction of sp³-hybridized carbons (Fsp3) is 0.829. The van der Waals surface area contributed by atoms with Crippen LogP contribution in [0.15, 0.2) is 24.3 Å². The molecule has 0 aliphatic heterocycles. The number of rotatable bonds is 12. The van der Waals surface area contributed by atoms with Crippen LogP contribution in [0.25, 0.3) is 0 Å². The molecule has 3 fully saturated rings. The van der Waals surface area contributed by atoms with Gasteiger partial charge in [-0.2, -0.15) is 0 Å². The molecule has 3 saturated carbocycles. The monoisotopic (exact) mass is 478 g/mol. The van der Waals surface area contributed by atoms with Crippen LogP contribution in [-0.4, -0.2) is 0 Å². The Bertz CT molecular complexity index is 662. The highest BCUT2D eigenvalue weighted by Gasteiger charge is 2.30. The minimum absolute atomic E-state index is 0.836. The lowest BCUT2D eigenvalue weighted by molar-refractivity contribution is 0.142. The molecule has 3 aliphatic rings. The van der Waals surface area contributed by atoms with Crippen molar-refractivity contribution in [2.45, 2.75) is 155 Å². The van der Waals surface area contributed by atoms with Gasteiger partial charge in [-0.1, -0.05) is 109 Å². The average Bonchev–Trinajstić information content (AvgIpc) is 2.93. The Hall–Kier alpha value is -0.780. The molecule has 0 aromatic heterocycles. The van der Waals surface area contributed by atoms with Crippen molar-refractivity contribution in [2.75, 3.05) is 0 Å². The standard InChI is InChI=1S/C35H58/c1-3-5-6-7-8-9-29-14-22-33(23-15-29)35-26-18-31(19-27-35)11-10-30-16-24-34(25-17-30)32-20-12-28(4-2)13-21-32/h18-19,26-30,32-34H,3-17,20-25H2,1-2H3. The Morgan fingerprint density at radius 3 is 1.69 bits per heavy atom. The van der Waals surface area contributed by atoms with Crippen LogP contribution < -0.4 is 0 Å². The summed E-state index contributed by atoms with van der Waals surface area (Å²) in [6.07, 6.45) is 30.9. The Balaban J connectivity index is 1.10. The molecule has 4 rings (SSSR count). The molecule has 0 atom stereocenters. The predicted molar refractivity (Wildman–Crippen MR) is 154 cm³/mol. The zero-order valence-electron chi connectivity index (χ0n) is 23.6. The fourth-order valence-electron chi connectivity index (χ4n) is 8.16. The first-order chi connectivity index (χ1) is 17.2. The van der Waals surface area contributed by atoms with Crippen molar-refractivity contribution < 1.29 is 0 Å². The van der Waals surface area contributed by atoms with E-state index in [4.69, 9.17) is 0 Å². The van der Waals surface area contributed by atoms with Gasteiger partial charge in [0.05, 0.1) is 0 Å². The smallest absolute Gasteiger partial charge is 0.0162 e. The van der Waals surface area contributed by atoms with Crippen LogP contribution in [-0.2, 0) is 6.42 Å². The molecule has 0 radical (unpaired) electrons. The summed E-state index contributed by atoms with van der Waals surface area (Å²) in [5.74, 6) is 6.05. The lowest BCUT2D eigenvalue weighted by atomic mass is 9.68. The predicted octanol–water partition coefficient (Wildman–Crippen LogP) is 11.3. The van der Waals surface area contributed by atoms with Crippen molar-refractivity contribution in [1.82, 2.24) is 0 Å². The molecule has 0 saturated heterocycles. The van der Waals surface area contributed by atoms with Crippen molar-refractivity contribution in [3.8, 4) is 0 Å². The molecule has 0 unspecified atom stereocenters. The second-order valence-electron chi connectivity index (χ2n) is 13.2. The van der Waals surface area contributed by atoms with E-state index in [-0.39, 0.29) is 0 Å². The van der Waals surface area contributed by atoms with Gasteiger partial charge in [0.2, 0.25) is 0 Å². The molecule has 0 heteroatoms. The Labute approximate surface area is 219 Å². The first-order valence-electron chi connectivity index (χ1n) is 16.3. The number of benzene rings is 1. The normalized spacial score (nSPS) is 31.9. The quantitative estimate of drug-likeness (QED) is 0.262. The van der Waals surface area contributed by atoms with Crippen LogP contribution in [0.5, 0.6) is 0 Å². The van der Waals surface area contributed by atoms with Gasteiger partial charge < -0.3 is 0 Å². The maximum Gasteiger partial charge on any atom is -0.0162 e. The second-order valence-corrected chi connectivity index (χ2v) is 13.2. The molecule has 0 amide bonds. The van der Waals surface area contributed by atoms with Crippen LogP contribution in [0.4, 0.5) is 0 Å². The summed E-state index contributed by atoms with van der Waals surface area (Å²) in [5, 5.41) is 0. The molecule has 198 valence electrons. The van der Waals surface area contributed by atoms with Gasteiger partial charge in [0.1, 0.15) is 0 Å². The molecular weight excluding hydrogens is 420 g/mol. The third-order valence-corrected chi connectivity index (χ3v) is 10.9. The first kappa shape index (κ1) is 27.3. The third kappa shape index (κ3) is 8.64. The lowest BCUT2D eigenvalue weighted by Gasteiger charge is -2.37. The van der Waals surface area contributed by atoms with Crippen LogP contribution >= 0.6 is 0 Å². The Morgan fingerprint density at radius 1 is 0.543 bits per heavy atom. The maximum atomic E-state index is 2.49. The van der Waals surface area contributed by atoms with E-state index in [2.05, 4.69) is 38.1 Å². The minimum Gasteiger partial charge on any atom is -0.0654 e. The first-order valence-corrected chi connectivity index (χ1v) is 16.3. The van der Waals surface area contributed by atoms with Gasteiger partial charge >= 0.3 is 0 Å². The number of hydrogen-bond donors (Lipinski definition) is 0. The molecular formula is C35H58. The van der Waals surface area contributed by atoms with Crippen molar-refractivity contribution in [3.05, 3.63) is 35.4 Å². The van der Waals surface area contributed by atoms with E-state index in [0.717, 1.165) is 35.5 Å². The second kappa shape index (κ2) is 14.8. The summed E-state index contributed by atoms with van der Waals surface area (Å²) < 4.78 is 0.